The molecule has 0 fully saturated rings. The SMILES string of the molecule is CCC(C)Nc1ccc(-n2cccn2)cc1. The van der Waals surface area contributed by atoms with Crippen LogP contribution in [-0.4, -0.2) is 15.8 Å². The minimum absolute atomic E-state index is 0.510. The molecule has 2 rings (SSSR count). The quantitative estimate of drug-likeness (QED) is 0.849. The number of nitrogens with one attached hydrogen (secondary N) is 1. The van der Waals surface area contributed by atoms with Crippen molar-refractivity contribution in [3.8, 4) is 5.69 Å². The van der Waals surface area contributed by atoms with Crippen molar-refractivity contribution >= 4 is 5.69 Å². The third kappa shape index (κ3) is 2.42. The molecule has 2 aromatic rings. The van der Waals surface area contributed by atoms with Gasteiger partial charge in [-0.15, -0.1) is 0 Å². The Labute approximate surface area is 96.1 Å². The molecule has 1 aromatic carbocycles. The number of anilines is 1. The smallest absolute Gasteiger partial charge is 0.0647 e. The standard InChI is InChI=1S/C13H17N3/c1-3-11(2)15-12-5-7-13(8-6-12)16-10-4-9-14-16/h4-11,15H,3H2,1-2H3. The van der Waals surface area contributed by atoms with Crippen LogP contribution >= 0.6 is 0 Å². The molecule has 1 N–H and O–H groups in total. The summed E-state index contributed by atoms with van der Waals surface area (Å²) >= 11 is 0. The van der Waals surface area contributed by atoms with E-state index in [-0.39, 0.29) is 0 Å². The van der Waals surface area contributed by atoms with Crippen molar-refractivity contribution < 1.29 is 0 Å². The summed E-state index contributed by atoms with van der Waals surface area (Å²) in [6.45, 7) is 4.36. The normalized spacial score (nSPS) is 12.4. The molecule has 0 aliphatic carbocycles. The molecule has 0 bridgehead atoms. The van der Waals surface area contributed by atoms with Gasteiger partial charge in [-0.1, -0.05) is 6.92 Å². The van der Waals surface area contributed by atoms with Crippen molar-refractivity contribution in [3.05, 3.63) is 42.7 Å². The van der Waals surface area contributed by atoms with E-state index in [2.05, 4.69) is 48.5 Å². The largest absolute Gasteiger partial charge is 0.383 e. The zero-order valence-corrected chi connectivity index (χ0v) is 9.72. The first-order valence-corrected chi connectivity index (χ1v) is 5.66. The summed E-state index contributed by atoms with van der Waals surface area (Å²) in [7, 11) is 0. The molecule has 84 valence electrons. The van der Waals surface area contributed by atoms with E-state index in [0.29, 0.717) is 6.04 Å². The number of rotatable bonds is 4. The minimum atomic E-state index is 0.510. The summed E-state index contributed by atoms with van der Waals surface area (Å²) in [4.78, 5) is 0. The van der Waals surface area contributed by atoms with Gasteiger partial charge in [0, 0.05) is 24.1 Å². The van der Waals surface area contributed by atoms with Crippen LogP contribution in [0.5, 0.6) is 0 Å². The van der Waals surface area contributed by atoms with Crippen molar-refractivity contribution in [2.45, 2.75) is 26.3 Å². The highest BCUT2D eigenvalue weighted by atomic mass is 15.3. The molecular formula is C13H17N3. The van der Waals surface area contributed by atoms with Crippen LogP contribution in [0.3, 0.4) is 0 Å². The second kappa shape index (κ2) is 4.84. The highest BCUT2D eigenvalue weighted by Crippen LogP contribution is 2.13. The zero-order chi connectivity index (χ0) is 11.4. The number of aromatic nitrogens is 2. The maximum atomic E-state index is 4.19. The Morgan fingerprint density at radius 3 is 2.62 bits per heavy atom. The Morgan fingerprint density at radius 1 is 1.31 bits per heavy atom. The van der Waals surface area contributed by atoms with Gasteiger partial charge in [-0.3, -0.25) is 0 Å². The fourth-order valence-corrected chi connectivity index (χ4v) is 1.52. The lowest BCUT2D eigenvalue weighted by molar-refractivity contribution is 0.764. The van der Waals surface area contributed by atoms with Gasteiger partial charge in [0.2, 0.25) is 0 Å². The molecule has 0 spiro atoms. The number of benzene rings is 1. The second-order valence-corrected chi connectivity index (χ2v) is 3.95. The third-order valence-electron chi connectivity index (χ3n) is 2.66. The predicted molar refractivity (Wildman–Crippen MR) is 66.9 cm³/mol. The molecule has 3 heteroatoms. The molecule has 0 saturated heterocycles. The van der Waals surface area contributed by atoms with E-state index >= 15 is 0 Å². The summed E-state index contributed by atoms with van der Waals surface area (Å²) in [6, 6.07) is 10.7. The van der Waals surface area contributed by atoms with E-state index in [1.165, 1.54) is 0 Å². The van der Waals surface area contributed by atoms with Gasteiger partial charge in [-0.2, -0.15) is 5.10 Å². The maximum absolute atomic E-state index is 4.19. The lowest BCUT2D eigenvalue weighted by Crippen LogP contribution is -2.13. The van der Waals surface area contributed by atoms with Gasteiger partial charge < -0.3 is 5.32 Å². The van der Waals surface area contributed by atoms with Crippen molar-refractivity contribution in [2.75, 3.05) is 5.32 Å². The number of nitrogens with zero attached hydrogens (tertiary/aromatic N) is 2. The Balaban J connectivity index is 2.11. The first kappa shape index (κ1) is 10.7. The van der Waals surface area contributed by atoms with Crippen LogP contribution in [0.4, 0.5) is 5.69 Å². The molecule has 1 heterocycles. The third-order valence-corrected chi connectivity index (χ3v) is 2.66. The van der Waals surface area contributed by atoms with Crippen LogP contribution < -0.4 is 5.32 Å². The van der Waals surface area contributed by atoms with E-state index in [0.717, 1.165) is 17.8 Å². The van der Waals surface area contributed by atoms with Crippen LogP contribution in [0.2, 0.25) is 0 Å². The van der Waals surface area contributed by atoms with Crippen molar-refractivity contribution in [1.82, 2.24) is 9.78 Å². The lowest BCUT2D eigenvalue weighted by atomic mass is 10.2. The van der Waals surface area contributed by atoms with Crippen molar-refractivity contribution in [3.63, 3.8) is 0 Å². The van der Waals surface area contributed by atoms with Crippen LogP contribution in [0.25, 0.3) is 5.69 Å². The predicted octanol–water partition coefficient (Wildman–Crippen LogP) is 3.08. The zero-order valence-electron chi connectivity index (χ0n) is 9.72. The Hall–Kier alpha value is -1.77. The molecule has 3 nitrogen and oxygen atoms in total. The molecular weight excluding hydrogens is 198 g/mol. The van der Waals surface area contributed by atoms with Gasteiger partial charge in [0.25, 0.3) is 0 Å². The molecule has 1 atom stereocenters. The van der Waals surface area contributed by atoms with E-state index in [4.69, 9.17) is 0 Å². The molecule has 0 saturated carbocycles. The molecule has 0 aliphatic rings. The van der Waals surface area contributed by atoms with Crippen LogP contribution in [0, 0.1) is 0 Å². The fourth-order valence-electron chi connectivity index (χ4n) is 1.52. The van der Waals surface area contributed by atoms with Crippen LogP contribution in [0.1, 0.15) is 20.3 Å². The van der Waals surface area contributed by atoms with Crippen molar-refractivity contribution in [1.29, 1.82) is 0 Å². The van der Waals surface area contributed by atoms with Crippen LogP contribution in [0.15, 0.2) is 42.7 Å². The number of hydrogen-bond acceptors (Lipinski definition) is 2. The topological polar surface area (TPSA) is 29.9 Å². The van der Waals surface area contributed by atoms with Crippen molar-refractivity contribution in [2.24, 2.45) is 0 Å². The molecule has 1 aromatic heterocycles. The average Bonchev–Trinajstić information content (AvgIpc) is 2.83. The summed E-state index contributed by atoms with van der Waals surface area (Å²) in [5, 5.41) is 7.62. The number of hydrogen-bond donors (Lipinski definition) is 1. The summed E-state index contributed by atoms with van der Waals surface area (Å²) in [6.07, 6.45) is 4.85. The van der Waals surface area contributed by atoms with Crippen LogP contribution in [-0.2, 0) is 0 Å². The highest BCUT2D eigenvalue weighted by Gasteiger charge is 1.99. The summed E-state index contributed by atoms with van der Waals surface area (Å²) in [5.41, 5.74) is 2.24. The van der Waals surface area contributed by atoms with Gasteiger partial charge in [0.1, 0.15) is 0 Å². The Morgan fingerprint density at radius 2 is 2.06 bits per heavy atom. The highest BCUT2D eigenvalue weighted by molar-refractivity contribution is 5.48. The maximum Gasteiger partial charge on any atom is 0.0647 e. The van der Waals surface area contributed by atoms with Gasteiger partial charge in [0.05, 0.1) is 5.69 Å². The van der Waals surface area contributed by atoms with Gasteiger partial charge in [-0.25, -0.2) is 4.68 Å². The Bertz CT molecular complexity index is 417. The van der Waals surface area contributed by atoms with E-state index in [1.54, 1.807) is 6.20 Å². The second-order valence-electron chi connectivity index (χ2n) is 3.95. The molecule has 0 radical (unpaired) electrons. The molecule has 1 unspecified atom stereocenters. The molecule has 0 aliphatic heterocycles. The lowest BCUT2D eigenvalue weighted by Gasteiger charge is -2.13. The monoisotopic (exact) mass is 215 g/mol. The Kier molecular flexibility index (Phi) is 3.25. The van der Waals surface area contributed by atoms with Gasteiger partial charge in [0.15, 0.2) is 0 Å². The molecule has 16 heavy (non-hydrogen) atoms. The van der Waals surface area contributed by atoms with E-state index < -0.39 is 0 Å². The van der Waals surface area contributed by atoms with E-state index in [1.807, 2.05) is 16.9 Å². The summed E-state index contributed by atoms with van der Waals surface area (Å²) in [5.74, 6) is 0. The first-order valence-electron chi connectivity index (χ1n) is 5.66. The van der Waals surface area contributed by atoms with E-state index in [9.17, 15) is 0 Å². The average molecular weight is 215 g/mol. The van der Waals surface area contributed by atoms with Gasteiger partial charge in [-0.05, 0) is 43.7 Å². The molecule has 0 amide bonds. The van der Waals surface area contributed by atoms with Gasteiger partial charge >= 0.3 is 0 Å². The fraction of sp³-hybridized carbons (Fsp3) is 0.308. The summed E-state index contributed by atoms with van der Waals surface area (Å²) < 4.78 is 1.85. The first-order chi connectivity index (χ1) is 7.79. The minimum Gasteiger partial charge on any atom is -0.383 e.